The molecule has 0 atom stereocenters. The van der Waals surface area contributed by atoms with Gasteiger partial charge in [0.2, 0.25) is 5.95 Å². The fraction of sp³-hybridized carbons (Fsp3) is 0.286. The number of ether oxygens (including phenoxy) is 2. The zero-order chi connectivity index (χ0) is 19.9. The summed E-state index contributed by atoms with van der Waals surface area (Å²) in [5, 5.41) is 14.7. The highest BCUT2D eigenvalue weighted by atomic mass is 16.5. The number of aromatic nitrogens is 3. The molecule has 0 aliphatic carbocycles. The molecule has 150 valence electrons. The van der Waals surface area contributed by atoms with Crippen LogP contribution in [0.1, 0.15) is 5.56 Å². The van der Waals surface area contributed by atoms with E-state index in [-0.39, 0.29) is 0 Å². The average molecular weight is 392 g/mol. The van der Waals surface area contributed by atoms with Crippen LogP contribution in [0.5, 0.6) is 5.75 Å². The van der Waals surface area contributed by atoms with Crippen LogP contribution in [-0.2, 0) is 11.3 Å². The van der Waals surface area contributed by atoms with Gasteiger partial charge in [0.1, 0.15) is 5.75 Å². The monoisotopic (exact) mass is 392 g/mol. The lowest BCUT2D eigenvalue weighted by atomic mass is 10.2. The van der Waals surface area contributed by atoms with Crippen molar-refractivity contribution in [2.75, 3.05) is 48.9 Å². The molecule has 8 heteroatoms. The third-order valence-corrected chi connectivity index (χ3v) is 4.69. The Bertz CT molecular complexity index is 928. The van der Waals surface area contributed by atoms with E-state index in [4.69, 9.17) is 9.47 Å². The van der Waals surface area contributed by atoms with E-state index in [2.05, 4.69) is 36.8 Å². The van der Waals surface area contributed by atoms with E-state index in [1.54, 1.807) is 13.3 Å². The Morgan fingerprint density at radius 1 is 1.07 bits per heavy atom. The van der Waals surface area contributed by atoms with Crippen LogP contribution in [0, 0.1) is 0 Å². The van der Waals surface area contributed by atoms with Crippen molar-refractivity contribution in [2.24, 2.45) is 0 Å². The van der Waals surface area contributed by atoms with Crippen molar-refractivity contribution >= 4 is 23.1 Å². The summed E-state index contributed by atoms with van der Waals surface area (Å²) in [6, 6.07) is 16.0. The third kappa shape index (κ3) is 4.91. The summed E-state index contributed by atoms with van der Waals surface area (Å²) in [6.07, 6.45) is 1.62. The molecule has 1 aliphatic heterocycles. The fourth-order valence-corrected chi connectivity index (χ4v) is 3.16. The summed E-state index contributed by atoms with van der Waals surface area (Å²) >= 11 is 0. The van der Waals surface area contributed by atoms with Crippen molar-refractivity contribution in [2.45, 2.75) is 6.54 Å². The van der Waals surface area contributed by atoms with Gasteiger partial charge >= 0.3 is 0 Å². The molecular weight excluding hydrogens is 368 g/mol. The van der Waals surface area contributed by atoms with Crippen LogP contribution in [-0.4, -0.2) is 48.6 Å². The molecule has 29 heavy (non-hydrogen) atoms. The lowest BCUT2D eigenvalue weighted by molar-refractivity contribution is 0.123. The Kier molecular flexibility index (Phi) is 6.01. The van der Waals surface area contributed by atoms with Gasteiger partial charge in [-0.1, -0.05) is 24.3 Å². The molecule has 2 aromatic carbocycles. The Morgan fingerprint density at radius 3 is 2.66 bits per heavy atom. The summed E-state index contributed by atoms with van der Waals surface area (Å²) < 4.78 is 10.6. The maximum Gasteiger partial charge on any atom is 0.244 e. The molecule has 0 radical (unpaired) electrons. The van der Waals surface area contributed by atoms with E-state index in [0.29, 0.717) is 18.3 Å². The molecule has 8 nitrogen and oxygen atoms in total. The number of morpholine rings is 1. The van der Waals surface area contributed by atoms with Crippen molar-refractivity contribution in [1.29, 1.82) is 0 Å². The van der Waals surface area contributed by atoms with Gasteiger partial charge < -0.3 is 25.0 Å². The van der Waals surface area contributed by atoms with Crippen LogP contribution in [0.4, 0.5) is 23.1 Å². The highest BCUT2D eigenvalue weighted by molar-refractivity contribution is 5.74. The van der Waals surface area contributed by atoms with Crippen molar-refractivity contribution in [3.05, 3.63) is 60.3 Å². The number of para-hydroxylation sites is 2. The molecule has 2 N–H and O–H groups in total. The van der Waals surface area contributed by atoms with Gasteiger partial charge in [0.25, 0.3) is 0 Å². The summed E-state index contributed by atoms with van der Waals surface area (Å²) in [5.74, 6) is 1.93. The van der Waals surface area contributed by atoms with E-state index in [9.17, 15) is 0 Å². The zero-order valence-corrected chi connectivity index (χ0v) is 16.3. The predicted molar refractivity (Wildman–Crippen MR) is 113 cm³/mol. The lowest BCUT2D eigenvalue weighted by Crippen LogP contribution is -2.36. The van der Waals surface area contributed by atoms with Crippen molar-refractivity contribution in [1.82, 2.24) is 15.2 Å². The van der Waals surface area contributed by atoms with E-state index >= 15 is 0 Å². The topological polar surface area (TPSA) is 84.4 Å². The minimum atomic E-state index is 0.467. The number of benzene rings is 2. The average Bonchev–Trinajstić information content (AvgIpc) is 2.79. The van der Waals surface area contributed by atoms with Gasteiger partial charge in [-0.15, -0.1) is 5.10 Å². The minimum absolute atomic E-state index is 0.467. The Balaban J connectivity index is 1.44. The number of anilines is 4. The van der Waals surface area contributed by atoms with E-state index in [1.165, 1.54) is 0 Å². The van der Waals surface area contributed by atoms with Gasteiger partial charge in [-0.3, -0.25) is 0 Å². The number of nitrogens with zero attached hydrogens (tertiary/aromatic N) is 4. The summed E-state index contributed by atoms with van der Waals surface area (Å²) in [4.78, 5) is 6.85. The first-order valence-electron chi connectivity index (χ1n) is 9.57. The second-order valence-corrected chi connectivity index (χ2v) is 6.61. The van der Waals surface area contributed by atoms with E-state index in [0.717, 1.165) is 49.0 Å². The van der Waals surface area contributed by atoms with Crippen molar-refractivity contribution < 1.29 is 9.47 Å². The second kappa shape index (κ2) is 9.20. The van der Waals surface area contributed by atoms with Gasteiger partial charge in [-0.05, 0) is 29.8 Å². The van der Waals surface area contributed by atoms with Crippen molar-refractivity contribution in [3.63, 3.8) is 0 Å². The molecule has 3 aromatic rings. The van der Waals surface area contributed by atoms with Gasteiger partial charge in [0.15, 0.2) is 5.82 Å². The Morgan fingerprint density at radius 2 is 1.86 bits per heavy atom. The van der Waals surface area contributed by atoms with Crippen LogP contribution >= 0.6 is 0 Å². The maximum absolute atomic E-state index is 5.46. The van der Waals surface area contributed by atoms with Gasteiger partial charge in [-0.2, -0.15) is 10.1 Å². The van der Waals surface area contributed by atoms with Crippen molar-refractivity contribution in [3.8, 4) is 5.75 Å². The smallest absolute Gasteiger partial charge is 0.244 e. The molecule has 0 saturated carbocycles. The van der Waals surface area contributed by atoms with Crippen LogP contribution < -0.4 is 20.3 Å². The lowest BCUT2D eigenvalue weighted by Gasteiger charge is -2.30. The standard InChI is InChI=1S/C21H24N6O2/c1-28-17-8-6-16(7-9-17)14-22-21-25-20(15-23-26-21)24-18-4-2-3-5-19(18)27-10-12-29-13-11-27/h2-9,15H,10-14H2,1H3,(H2,22,24,25,26). The molecule has 0 unspecified atom stereocenters. The fourth-order valence-electron chi connectivity index (χ4n) is 3.16. The first-order valence-corrected chi connectivity index (χ1v) is 9.57. The molecule has 0 bridgehead atoms. The molecule has 1 saturated heterocycles. The number of hydrogen-bond acceptors (Lipinski definition) is 8. The SMILES string of the molecule is COc1ccc(CNc2nncc(Nc3ccccc3N3CCOCC3)n2)cc1. The van der Waals surface area contributed by atoms with Gasteiger partial charge in [-0.25, -0.2) is 0 Å². The zero-order valence-electron chi connectivity index (χ0n) is 16.3. The van der Waals surface area contributed by atoms with Gasteiger partial charge in [0, 0.05) is 19.6 Å². The van der Waals surface area contributed by atoms with E-state index < -0.39 is 0 Å². The largest absolute Gasteiger partial charge is 0.497 e. The number of methoxy groups -OCH3 is 1. The summed E-state index contributed by atoms with van der Waals surface area (Å²) in [6.45, 7) is 3.82. The predicted octanol–water partition coefficient (Wildman–Crippen LogP) is 3.07. The Labute approximate surface area is 169 Å². The number of hydrogen-bond donors (Lipinski definition) is 2. The van der Waals surface area contributed by atoms with Crippen LogP contribution in [0.3, 0.4) is 0 Å². The molecule has 0 spiro atoms. The summed E-state index contributed by atoms with van der Waals surface area (Å²) in [5.41, 5.74) is 3.21. The van der Waals surface area contributed by atoms with Crippen LogP contribution in [0.2, 0.25) is 0 Å². The maximum atomic E-state index is 5.46. The molecule has 2 heterocycles. The number of nitrogens with one attached hydrogen (secondary N) is 2. The Hall–Kier alpha value is -3.39. The second-order valence-electron chi connectivity index (χ2n) is 6.61. The first kappa shape index (κ1) is 18.9. The van der Waals surface area contributed by atoms with Crippen LogP contribution in [0.15, 0.2) is 54.7 Å². The highest BCUT2D eigenvalue weighted by Gasteiger charge is 2.15. The third-order valence-electron chi connectivity index (χ3n) is 4.69. The number of rotatable bonds is 7. The van der Waals surface area contributed by atoms with Gasteiger partial charge in [0.05, 0.1) is 37.9 Å². The summed E-state index contributed by atoms with van der Waals surface area (Å²) in [7, 11) is 1.66. The quantitative estimate of drug-likeness (QED) is 0.635. The molecule has 4 rings (SSSR count). The molecule has 1 fully saturated rings. The molecular formula is C21H24N6O2. The minimum Gasteiger partial charge on any atom is -0.497 e. The molecule has 1 aromatic heterocycles. The van der Waals surface area contributed by atoms with E-state index in [1.807, 2.05) is 42.5 Å². The molecule has 1 aliphatic rings. The normalized spacial score (nSPS) is 13.8. The highest BCUT2D eigenvalue weighted by Crippen LogP contribution is 2.28. The molecule has 0 amide bonds. The first-order chi connectivity index (χ1) is 14.3. The van der Waals surface area contributed by atoms with Crippen LogP contribution in [0.25, 0.3) is 0 Å².